The molecule has 0 fully saturated rings. The van der Waals surface area contributed by atoms with Crippen molar-refractivity contribution in [1.29, 1.82) is 0 Å². The first-order valence-electron chi connectivity index (χ1n) is 6.21. The molecule has 0 saturated carbocycles. The monoisotopic (exact) mass is 253 g/mol. The topological polar surface area (TPSA) is 43.2 Å². The van der Waals surface area contributed by atoms with Gasteiger partial charge < -0.3 is 5.32 Å². The molecule has 1 aromatic carbocycles. The van der Waals surface area contributed by atoms with Crippen molar-refractivity contribution in [1.82, 2.24) is 5.32 Å². The quantitative estimate of drug-likeness (QED) is 0.833. The van der Waals surface area contributed by atoms with E-state index >= 15 is 0 Å². The van der Waals surface area contributed by atoms with Gasteiger partial charge in [0.05, 0.1) is 0 Å². The number of nitrogens with one attached hydrogen (secondary N) is 2. The number of rotatable bonds is 4. The van der Waals surface area contributed by atoms with Crippen LogP contribution in [-0.4, -0.2) is 5.91 Å². The summed E-state index contributed by atoms with van der Waals surface area (Å²) in [4.78, 5) is 14.6. The molecule has 0 spiro atoms. The molecule has 0 unspecified atom stereocenters. The highest BCUT2D eigenvalue weighted by molar-refractivity contribution is 5.91. The minimum absolute atomic E-state index is 0.0931. The first-order valence-corrected chi connectivity index (χ1v) is 6.21. The van der Waals surface area contributed by atoms with Gasteiger partial charge in [-0.05, 0) is 24.6 Å². The maximum Gasteiger partial charge on any atom is 0.244 e. The van der Waals surface area contributed by atoms with Crippen LogP contribution in [-0.2, 0) is 11.3 Å². The van der Waals surface area contributed by atoms with E-state index in [0.717, 1.165) is 11.1 Å². The molecule has 0 saturated heterocycles. The van der Waals surface area contributed by atoms with Gasteiger partial charge >= 0.3 is 0 Å². The zero-order valence-electron chi connectivity index (χ0n) is 10.9. The van der Waals surface area contributed by atoms with Crippen LogP contribution >= 0.6 is 0 Å². The molecule has 1 heterocycles. The van der Waals surface area contributed by atoms with Gasteiger partial charge in [-0.3, -0.25) is 4.79 Å². The maximum atomic E-state index is 11.6. The normalized spacial score (nSPS) is 10.6. The minimum atomic E-state index is -0.0931. The summed E-state index contributed by atoms with van der Waals surface area (Å²) >= 11 is 0. The van der Waals surface area contributed by atoms with E-state index in [2.05, 4.69) is 10.3 Å². The van der Waals surface area contributed by atoms with Crippen molar-refractivity contribution in [2.45, 2.75) is 13.5 Å². The lowest BCUT2D eigenvalue weighted by Gasteiger charge is -1.99. The van der Waals surface area contributed by atoms with Crippen molar-refractivity contribution in [3.8, 4) is 0 Å². The Hall–Kier alpha value is -2.42. The minimum Gasteiger partial charge on any atom is -0.348 e. The van der Waals surface area contributed by atoms with E-state index in [1.165, 1.54) is 5.56 Å². The number of aryl methyl sites for hydroxylation is 1. The Balaban J connectivity index is 1.86. The molecule has 3 nitrogen and oxygen atoms in total. The van der Waals surface area contributed by atoms with Crippen molar-refractivity contribution in [2.24, 2.45) is 0 Å². The van der Waals surface area contributed by atoms with Gasteiger partial charge in [-0.25, -0.2) is 4.98 Å². The molecule has 2 aromatic rings. The summed E-state index contributed by atoms with van der Waals surface area (Å²) in [7, 11) is 0. The molecule has 0 aliphatic carbocycles. The largest absolute Gasteiger partial charge is 0.348 e. The number of hydrogen-bond acceptors (Lipinski definition) is 1. The fraction of sp³-hybridized carbons (Fsp3) is 0.125. The van der Waals surface area contributed by atoms with Crippen LogP contribution in [0.3, 0.4) is 0 Å². The molecule has 2 N–H and O–H groups in total. The third-order valence-electron chi connectivity index (χ3n) is 2.74. The summed E-state index contributed by atoms with van der Waals surface area (Å²) < 4.78 is 0. The summed E-state index contributed by atoms with van der Waals surface area (Å²) in [5.74, 6) is -0.0931. The van der Waals surface area contributed by atoms with Gasteiger partial charge in [0.15, 0.2) is 12.4 Å². The molecule has 2 rings (SSSR count). The fourth-order valence-electron chi connectivity index (χ4n) is 1.64. The Morgan fingerprint density at radius 3 is 2.74 bits per heavy atom. The standard InChI is InChI=1S/C16H16N2O/c1-13-4-6-14(7-5-13)8-9-16(19)18-12-15-3-2-10-17-11-15/h2-11H,12H2,1H3,(H,18,19)/p+1. The lowest BCUT2D eigenvalue weighted by atomic mass is 10.1. The maximum absolute atomic E-state index is 11.6. The van der Waals surface area contributed by atoms with Gasteiger partial charge in [0.1, 0.15) is 0 Å². The predicted octanol–water partition coefficient (Wildman–Crippen LogP) is 2.14. The van der Waals surface area contributed by atoms with E-state index in [0.29, 0.717) is 6.54 Å². The Morgan fingerprint density at radius 1 is 1.26 bits per heavy atom. The van der Waals surface area contributed by atoms with Crippen molar-refractivity contribution in [2.75, 3.05) is 0 Å². The second kappa shape index (κ2) is 6.50. The van der Waals surface area contributed by atoms with Crippen molar-refractivity contribution >= 4 is 12.0 Å². The van der Waals surface area contributed by atoms with Crippen LogP contribution < -0.4 is 10.3 Å². The highest BCUT2D eigenvalue weighted by Gasteiger charge is 1.98. The zero-order valence-corrected chi connectivity index (χ0v) is 10.9. The van der Waals surface area contributed by atoms with E-state index in [1.807, 2.05) is 61.8 Å². The van der Waals surface area contributed by atoms with E-state index in [1.54, 1.807) is 6.08 Å². The van der Waals surface area contributed by atoms with Crippen molar-refractivity contribution in [3.63, 3.8) is 0 Å². The second-order valence-electron chi connectivity index (χ2n) is 4.37. The van der Waals surface area contributed by atoms with Crippen LogP contribution in [0, 0.1) is 6.92 Å². The van der Waals surface area contributed by atoms with Gasteiger partial charge in [-0.2, -0.15) is 0 Å². The summed E-state index contributed by atoms with van der Waals surface area (Å²) in [5.41, 5.74) is 3.27. The lowest BCUT2D eigenvalue weighted by Crippen LogP contribution is -2.21. The highest BCUT2D eigenvalue weighted by atomic mass is 16.1. The zero-order chi connectivity index (χ0) is 13.5. The third kappa shape index (κ3) is 4.39. The molecule has 96 valence electrons. The number of carbonyl (C=O) groups is 1. The van der Waals surface area contributed by atoms with Crippen LogP contribution in [0.5, 0.6) is 0 Å². The number of aromatic amines is 1. The summed E-state index contributed by atoms with van der Waals surface area (Å²) in [6.45, 7) is 2.56. The molecule has 0 aliphatic heterocycles. The van der Waals surface area contributed by atoms with Gasteiger partial charge in [0.2, 0.25) is 5.91 Å². The summed E-state index contributed by atoms with van der Waals surface area (Å²) in [5, 5.41) is 2.83. The van der Waals surface area contributed by atoms with Crippen LogP contribution in [0.2, 0.25) is 0 Å². The average Bonchev–Trinajstić information content (AvgIpc) is 2.45. The molecule has 1 aromatic heterocycles. The van der Waals surface area contributed by atoms with Crippen molar-refractivity contribution in [3.05, 3.63) is 71.6 Å². The van der Waals surface area contributed by atoms with Gasteiger partial charge in [0.25, 0.3) is 0 Å². The smallest absolute Gasteiger partial charge is 0.244 e. The van der Waals surface area contributed by atoms with Gasteiger partial charge in [-0.15, -0.1) is 0 Å². The summed E-state index contributed by atoms with van der Waals surface area (Å²) in [6, 6.07) is 11.9. The first kappa shape index (κ1) is 13.0. The number of benzene rings is 1. The van der Waals surface area contributed by atoms with Crippen molar-refractivity contribution < 1.29 is 9.78 Å². The number of carbonyl (C=O) groups excluding carboxylic acids is 1. The van der Waals surface area contributed by atoms with Crippen LogP contribution in [0.1, 0.15) is 16.7 Å². The fourth-order valence-corrected chi connectivity index (χ4v) is 1.64. The molecular formula is C16H17N2O+. The Labute approximate surface area is 113 Å². The van der Waals surface area contributed by atoms with E-state index < -0.39 is 0 Å². The lowest BCUT2D eigenvalue weighted by molar-refractivity contribution is -0.378. The molecule has 19 heavy (non-hydrogen) atoms. The third-order valence-corrected chi connectivity index (χ3v) is 2.74. The van der Waals surface area contributed by atoms with Crippen LogP contribution in [0.4, 0.5) is 0 Å². The summed E-state index contributed by atoms with van der Waals surface area (Å²) in [6.07, 6.45) is 7.07. The first-order chi connectivity index (χ1) is 9.24. The number of hydrogen-bond donors (Lipinski definition) is 1. The molecule has 0 bridgehead atoms. The Kier molecular flexibility index (Phi) is 4.45. The highest BCUT2D eigenvalue weighted by Crippen LogP contribution is 2.04. The molecule has 1 amide bonds. The predicted molar refractivity (Wildman–Crippen MR) is 75.1 cm³/mol. The van der Waals surface area contributed by atoms with Crippen LogP contribution in [0.25, 0.3) is 6.08 Å². The number of H-pyrrole nitrogens is 1. The van der Waals surface area contributed by atoms with Crippen LogP contribution in [0.15, 0.2) is 54.9 Å². The van der Waals surface area contributed by atoms with E-state index in [-0.39, 0.29) is 5.91 Å². The number of aromatic nitrogens is 1. The second-order valence-corrected chi connectivity index (χ2v) is 4.37. The Bertz CT molecular complexity index is 559. The molecule has 0 radical (unpaired) electrons. The Morgan fingerprint density at radius 2 is 2.05 bits per heavy atom. The molecule has 0 atom stereocenters. The number of amides is 1. The SMILES string of the molecule is Cc1ccc(C=CC(=O)NCc2ccc[nH+]c2)cc1. The van der Waals surface area contributed by atoms with Gasteiger partial charge in [0, 0.05) is 24.3 Å². The molecule has 3 heteroatoms. The molecule has 0 aliphatic rings. The van der Waals surface area contributed by atoms with E-state index in [4.69, 9.17) is 0 Å². The average molecular weight is 253 g/mol. The number of pyridine rings is 1. The van der Waals surface area contributed by atoms with Gasteiger partial charge in [-0.1, -0.05) is 29.8 Å². The van der Waals surface area contributed by atoms with E-state index in [9.17, 15) is 4.79 Å². The molecular weight excluding hydrogens is 236 g/mol.